The highest BCUT2D eigenvalue weighted by Crippen LogP contribution is 2.09. The molecule has 3 nitrogen and oxygen atoms in total. The van der Waals surface area contributed by atoms with Crippen LogP contribution in [0.25, 0.3) is 0 Å². The van der Waals surface area contributed by atoms with Crippen molar-refractivity contribution in [2.75, 3.05) is 13.1 Å². The largest absolute Gasteiger partial charge is 0.356 e. The van der Waals surface area contributed by atoms with Gasteiger partial charge in [0.2, 0.25) is 5.91 Å². The van der Waals surface area contributed by atoms with Crippen LogP contribution in [0.2, 0.25) is 0 Å². The number of hydrogen-bond donors (Lipinski definition) is 2. The van der Waals surface area contributed by atoms with Crippen LogP contribution in [0.4, 0.5) is 0 Å². The van der Waals surface area contributed by atoms with E-state index in [2.05, 4.69) is 24.5 Å². The van der Waals surface area contributed by atoms with Crippen molar-refractivity contribution in [3.8, 4) is 0 Å². The molecule has 2 N–H and O–H groups in total. The van der Waals surface area contributed by atoms with Crippen molar-refractivity contribution >= 4 is 5.91 Å². The summed E-state index contributed by atoms with van der Waals surface area (Å²) in [5.74, 6) is 0.854. The molecule has 1 heterocycles. The maximum Gasteiger partial charge on any atom is 0.221 e. The molecule has 1 saturated heterocycles. The third-order valence-corrected chi connectivity index (χ3v) is 3.34. The number of rotatable bonds is 6. The minimum Gasteiger partial charge on any atom is -0.356 e. The van der Waals surface area contributed by atoms with E-state index in [9.17, 15) is 4.79 Å². The van der Waals surface area contributed by atoms with Gasteiger partial charge < -0.3 is 10.6 Å². The van der Waals surface area contributed by atoms with Gasteiger partial charge in [0.15, 0.2) is 0 Å². The first kappa shape index (κ1) is 12.5. The lowest BCUT2D eigenvalue weighted by molar-refractivity contribution is -0.121. The molecule has 3 heteroatoms. The van der Waals surface area contributed by atoms with Gasteiger partial charge in [-0.3, -0.25) is 4.79 Å². The summed E-state index contributed by atoms with van der Waals surface area (Å²) >= 11 is 0. The first-order valence-electron chi connectivity index (χ1n) is 6.26. The van der Waals surface area contributed by atoms with Gasteiger partial charge in [0.1, 0.15) is 0 Å². The maximum absolute atomic E-state index is 11.6. The average Bonchev–Trinajstić information content (AvgIpc) is 2.72. The highest BCUT2D eigenvalue weighted by molar-refractivity contribution is 5.76. The predicted molar refractivity (Wildman–Crippen MR) is 62.7 cm³/mol. The molecule has 0 aromatic rings. The average molecular weight is 212 g/mol. The molecule has 1 unspecified atom stereocenters. The molecular weight excluding hydrogens is 188 g/mol. The van der Waals surface area contributed by atoms with Gasteiger partial charge in [0, 0.05) is 19.0 Å². The molecule has 0 aromatic heterocycles. The van der Waals surface area contributed by atoms with Crippen LogP contribution in [0.5, 0.6) is 0 Å². The number of hydrogen-bond acceptors (Lipinski definition) is 2. The number of nitrogens with one attached hydrogen (secondary N) is 2. The van der Waals surface area contributed by atoms with Gasteiger partial charge in [-0.1, -0.05) is 26.7 Å². The van der Waals surface area contributed by atoms with E-state index in [1.165, 1.54) is 6.42 Å². The van der Waals surface area contributed by atoms with Crippen molar-refractivity contribution in [1.29, 1.82) is 0 Å². The number of carbonyl (C=O) groups excluding carboxylic acids is 1. The van der Waals surface area contributed by atoms with E-state index in [-0.39, 0.29) is 5.91 Å². The van der Waals surface area contributed by atoms with Gasteiger partial charge in [-0.25, -0.2) is 0 Å². The van der Waals surface area contributed by atoms with E-state index in [4.69, 9.17) is 0 Å². The Balaban J connectivity index is 2.12. The first-order valence-corrected chi connectivity index (χ1v) is 6.26. The Bertz CT molecular complexity index is 184. The number of amides is 1. The molecule has 1 atom stereocenters. The van der Waals surface area contributed by atoms with E-state index in [0.29, 0.717) is 18.4 Å². The lowest BCUT2D eigenvalue weighted by atomic mass is 10.0. The van der Waals surface area contributed by atoms with E-state index in [0.717, 1.165) is 32.4 Å². The summed E-state index contributed by atoms with van der Waals surface area (Å²) in [6.45, 7) is 6.28. The standard InChI is InChI=1S/C12H24N2O/c1-3-10(4-2)9-14-12(15)8-11-6-5-7-13-11/h10-11,13H,3-9H2,1-2H3,(H,14,15). The Morgan fingerprint density at radius 2 is 2.20 bits per heavy atom. The molecule has 15 heavy (non-hydrogen) atoms. The summed E-state index contributed by atoms with van der Waals surface area (Å²) in [7, 11) is 0. The molecule has 88 valence electrons. The Morgan fingerprint density at radius 1 is 1.47 bits per heavy atom. The molecular formula is C12H24N2O. The van der Waals surface area contributed by atoms with Gasteiger partial charge >= 0.3 is 0 Å². The predicted octanol–water partition coefficient (Wildman–Crippen LogP) is 1.68. The van der Waals surface area contributed by atoms with Crippen LogP contribution in [0.1, 0.15) is 46.0 Å². The second kappa shape index (κ2) is 6.83. The highest BCUT2D eigenvalue weighted by Gasteiger charge is 2.17. The zero-order valence-corrected chi connectivity index (χ0v) is 10.0. The molecule has 1 fully saturated rings. The van der Waals surface area contributed by atoms with Crippen LogP contribution in [-0.2, 0) is 4.79 Å². The van der Waals surface area contributed by atoms with Gasteiger partial charge in [-0.05, 0) is 25.3 Å². The van der Waals surface area contributed by atoms with Crippen LogP contribution < -0.4 is 10.6 Å². The van der Waals surface area contributed by atoms with Crippen LogP contribution >= 0.6 is 0 Å². The fourth-order valence-corrected chi connectivity index (χ4v) is 2.06. The molecule has 0 spiro atoms. The van der Waals surface area contributed by atoms with Gasteiger partial charge in [-0.15, -0.1) is 0 Å². The van der Waals surface area contributed by atoms with Crippen molar-refractivity contribution in [2.24, 2.45) is 5.92 Å². The Hall–Kier alpha value is -0.570. The molecule has 1 aliphatic heterocycles. The topological polar surface area (TPSA) is 41.1 Å². The summed E-state index contributed by atoms with van der Waals surface area (Å²) in [6.07, 6.45) is 5.32. The summed E-state index contributed by atoms with van der Waals surface area (Å²) < 4.78 is 0. The van der Waals surface area contributed by atoms with E-state index < -0.39 is 0 Å². The summed E-state index contributed by atoms with van der Waals surface area (Å²) in [5, 5.41) is 6.37. The normalized spacial score (nSPS) is 20.9. The molecule has 0 radical (unpaired) electrons. The lowest BCUT2D eigenvalue weighted by Crippen LogP contribution is -2.34. The fraction of sp³-hybridized carbons (Fsp3) is 0.917. The van der Waals surface area contributed by atoms with Crippen LogP contribution in [0.15, 0.2) is 0 Å². The zero-order chi connectivity index (χ0) is 11.1. The SMILES string of the molecule is CCC(CC)CNC(=O)CC1CCCN1. The van der Waals surface area contributed by atoms with Crippen LogP contribution in [0, 0.1) is 5.92 Å². The van der Waals surface area contributed by atoms with Gasteiger partial charge in [0.05, 0.1) is 0 Å². The van der Waals surface area contributed by atoms with Crippen molar-refractivity contribution in [3.63, 3.8) is 0 Å². The summed E-state index contributed by atoms with van der Waals surface area (Å²) in [5.41, 5.74) is 0. The van der Waals surface area contributed by atoms with E-state index in [1.54, 1.807) is 0 Å². The van der Waals surface area contributed by atoms with E-state index >= 15 is 0 Å². The lowest BCUT2D eigenvalue weighted by Gasteiger charge is -2.15. The van der Waals surface area contributed by atoms with Crippen LogP contribution in [0.3, 0.4) is 0 Å². The van der Waals surface area contributed by atoms with Gasteiger partial charge in [-0.2, -0.15) is 0 Å². The van der Waals surface area contributed by atoms with Crippen molar-refractivity contribution in [2.45, 2.75) is 52.0 Å². The first-order chi connectivity index (χ1) is 7.26. The smallest absolute Gasteiger partial charge is 0.221 e. The molecule has 1 amide bonds. The molecule has 1 rings (SSSR count). The molecule has 0 bridgehead atoms. The third kappa shape index (κ3) is 4.65. The van der Waals surface area contributed by atoms with Crippen molar-refractivity contribution in [3.05, 3.63) is 0 Å². The zero-order valence-electron chi connectivity index (χ0n) is 10.0. The molecule has 0 saturated carbocycles. The number of carbonyl (C=O) groups is 1. The fourth-order valence-electron chi connectivity index (χ4n) is 2.06. The van der Waals surface area contributed by atoms with Crippen molar-refractivity contribution in [1.82, 2.24) is 10.6 Å². The summed E-state index contributed by atoms with van der Waals surface area (Å²) in [6, 6.07) is 0.423. The van der Waals surface area contributed by atoms with E-state index in [1.807, 2.05) is 0 Å². The Morgan fingerprint density at radius 3 is 2.73 bits per heavy atom. The Kier molecular flexibility index (Phi) is 5.69. The second-order valence-electron chi connectivity index (χ2n) is 4.48. The third-order valence-electron chi connectivity index (χ3n) is 3.34. The molecule has 1 aliphatic rings. The molecule has 0 aliphatic carbocycles. The Labute approximate surface area is 93.0 Å². The monoisotopic (exact) mass is 212 g/mol. The highest BCUT2D eigenvalue weighted by atomic mass is 16.1. The van der Waals surface area contributed by atoms with Crippen LogP contribution in [-0.4, -0.2) is 25.0 Å². The summed E-state index contributed by atoms with van der Waals surface area (Å²) in [4.78, 5) is 11.6. The minimum atomic E-state index is 0.210. The van der Waals surface area contributed by atoms with Crippen molar-refractivity contribution < 1.29 is 4.79 Å². The maximum atomic E-state index is 11.6. The second-order valence-corrected chi connectivity index (χ2v) is 4.48. The van der Waals surface area contributed by atoms with Gasteiger partial charge in [0.25, 0.3) is 0 Å². The quantitative estimate of drug-likeness (QED) is 0.703. The molecule has 0 aromatic carbocycles. The minimum absolute atomic E-state index is 0.210.